The Hall–Kier alpha value is -2.57. The van der Waals surface area contributed by atoms with Gasteiger partial charge in [-0.05, 0) is 37.6 Å². The van der Waals surface area contributed by atoms with E-state index in [1.54, 1.807) is 31.3 Å². The van der Waals surface area contributed by atoms with Crippen LogP contribution >= 0.6 is 22.9 Å². The lowest BCUT2D eigenvalue weighted by molar-refractivity contribution is -0.118. The highest BCUT2D eigenvalue weighted by atomic mass is 35.5. The molecule has 0 radical (unpaired) electrons. The molecule has 158 valence electrons. The number of carbonyl (C=O) groups excluding carboxylic acids is 1. The first-order valence-electron chi connectivity index (χ1n) is 9.76. The second kappa shape index (κ2) is 9.96. The summed E-state index contributed by atoms with van der Waals surface area (Å²) < 4.78 is 10.8. The fraction of sp³-hybridized carbons (Fsp3) is 0.304. The van der Waals surface area contributed by atoms with Gasteiger partial charge in [0, 0.05) is 28.0 Å². The average molecular weight is 445 g/mol. The van der Waals surface area contributed by atoms with Crippen LogP contribution in [0.1, 0.15) is 31.1 Å². The quantitative estimate of drug-likeness (QED) is 0.390. The molecule has 0 N–H and O–H groups in total. The summed E-state index contributed by atoms with van der Waals surface area (Å²) in [5, 5.41) is 1.30. The number of ether oxygens (including phenoxy) is 2. The van der Waals surface area contributed by atoms with Crippen LogP contribution in [0, 0.1) is 6.92 Å². The fourth-order valence-electron chi connectivity index (χ4n) is 3.12. The van der Waals surface area contributed by atoms with Gasteiger partial charge < -0.3 is 9.47 Å². The maximum Gasteiger partial charge on any atom is 0.233 e. The van der Waals surface area contributed by atoms with Crippen LogP contribution in [0.5, 0.6) is 11.5 Å². The third-order valence-electron chi connectivity index (χ3n) is 4.71. The second-order valence-corrected chi connectivity index (χ2v) is 8.40. The van der Waals surface area contributed by atoms with E-state index in [9.17, 15) is 4.79 Å². The number of hydrogen-bond donors (Lipinski definition) is 0. The largest absolute Gasteiger partial charge is 0.493 e. The summed E-state index contributed by atoms with van der Waals surface area (Å²) in [6, 6.07) is 13.0. The molecule has 0 bridgehead atoms. The lowest BCUT2D eigenvalue weighted by atomic mass is 10.1. The Morgan fingerprint density at radius 1 is 1.10 bits per heavy atom. The molecule has 0 spiro atoms. The smallest absolute Gasteiger partial charge is 0.233 e. The first-order valence-corrected chi connectivity index (χ1v) is 11.0. The number of methoxy groups -OCH3 is 2. The summed E-state index contributed by atoms with van der Waals surface area (Å²) in [5.41, 5.74) is 2.51. The van der Waals surface area contributed by atoms with Crippen molar-refractivity contribution in [2.24, 2.45) is 0 Å². The molecule has 0 saturated heterocycles. The third-order valence-corrected chi connectivity index (χ3v) is 5.92. The first kappa shape index (κ1) is 22.1. The predicted molar refractivity (Wildman–Crippen MR) is 124 cm³/mol. The topological polar surface area (TPSA) is 51.7 Å². The van der Waals surface area contributed by atoms with Gasteiger partial charge in [0.15, 0.2) is 16.6 Å². The van der Waals surface area contributed by atoms with Gasteiger partial charge in [-0.15, -0.1) is 11.3 Å². The van der Waals surface area contributed by atoms with Crippen LogP contribution in [0.15, 0.2) is 42.5 Å². The molecule has 0 aliphatic heterocycles. The molecule has 0 fully saturated rings. The van der Waals surface area contributed by atoms with E-state index in [0.717, 1.165) is 29.0 Å². The zero-order valence-electron chi connectivity index (χ0n) is 17.6. The number of rotatable bonds is 8. The monoisotopic (exact) mass is 444 g/mol. The van der Waals surface area contributed by atoms with E-state index in [0.29, 0.717) is 33.8 Å². The number of nitrogens with zero attached hydrogens (tertiary/aromatic N) is 2. The van der Waals surface area contributed by atoms with Crippen molar-refractivity contribution >= 4 is 39.7 Å². The zero-order valence-corrected chi connectivity index (χ0v) is 19.1. The minimum Gasteiger partial charge on any atom is -0.493 e. The second-order valence-electron chi connectivity index (χ2n) is 6.78. The summed E-state index contributed by atoms with van der Waals surface area (Å²) in [6.07, 6.45) is 2.20. The zero-order chi connectivity index (χ0) is 21.7. The molecule has 5 nitrogen and oxygen atoms in total. The van der Waals surface area contributed by atoms with E-state index < -0.39 is 0 Å². The molecular formula is C23H25ClN2O3S. The summed E-state index contributed by atoms with van der Waals surface area (Å²) in [6.45, 7) is 4.08. The van der Waals surface area contributed by atoms with Gasteiger partial charge in [-0.3, -0.25) is 9.69 Å². The number of carbonyl (C=O) groups is 1. The number of benzene rings is 2. The van der Waals surface area contributed by atoms with Gasteiger partial charge in [-0.25, -0.2) is 4.98 Å². The molecule has 2 aromatic carbocycles. The molecule has 1 aromatic heterocycles. The van der Waals surface area contributed by atoms with Crippen molar-refractivity contribution in [2.75, 3.05) is 19.1 Å². The van der Waals surface area contributed by atoms with Crippen LogP contribution < -0.4 is 14.4 Å². The molecule has 1 heterocycles. The van der Waals surface area contributed by atoms with Gasteiger partial charge in [0.05, 0.1) is 25.6 Å². The highest BCUT2D eigenvalue weighted by Crippen LogP contribution is 2.39. The van der Waals surface area contributed by atoms with Gasteiger partial charge >= 0.3 is 0 Å². The number of unbranched alkanes of at least 4 members (excludes halogenated alkanes) is 1. The van der Waals surface area contributed by atoms with Crippen LogP contribution in [0.3, 0.4) is 0 Å². The Bertz CT molecular complexity index is 1020. The maximum absolute atomic E-state index is 13.2. The number of halogens is 1. The Balaban J connectivity index is 2.06. The summed E-state index contributed by atoms with van der Waals surface area (Å²) in [5.74, 6) is 1.18. The number of thiazole rings is 1. The normalized spacial score (nSPS) is 10.7. The van der Waals surface area contributed by atoms with Crippen molar-refractivity contribution in [3.63, 3.8) is 0 Å². The van der Waals surface area contributed by atoms with E-state index in [1.165, 1.54) is 11.3 Å². The molecular weight excluding hydrogens is 420 g/mol. The Morgan fingerprint density at radius 3 is 2.43 bits per heavy atom. The first-order chi connectivity index (χ1) is 14.5. The maximum atomic E-state index is 13.2. The molecule has 0 atom stereocenters. The van der Waals surface area contributed by atoms with Gasteiger partial charge in [0.2, 0.25) is 5.91 Å². The van der Waals surface area contributed by atoms with E-state index in [1.807, 2.05) is 37.3 Å². The Kier molecular flexibility index (Phi) is 7.34. The highest BCUT2D eigenvalue weighted by Gasteiger charge is 2.24. The van der Waals surface area contributed by atoms with Crippen molar-refractivity contribution in [1.29, 1.82) is 0 Å². The van der Waals surface area contributed by atoms with E-state index >= 15 is 0 Å². The van der Waals surface area contributed by atoms with Crippen molar-refractivity contribution in [1.82, 2.24) is 4.98 Å². The Labute approximate surface area is 186 Å². The highest BCUT2D eigenvalue weighted by molar-refractivity contribution is 7.16. The predicted octanol–water partition coefficient (Wildman–Crippen LogP) is 6.64. The molecule has 7 heteroatoms. The van der Waals surface area contributed by atoms with Gasteiger partial charge in [0.25, 0.3) is 0 Å². The molecule has 0 aliphatic carbocycles. The van der Waals surface area contributed by atoms with Crippen LogP contribution in [0.25, 0.3) is 11.3 Å². The average Bonchev–Trinajstić information content (AvgIpc) is 3.13. The third kappa shape index (κ3) is 4.77. The molecule has 0 saturated carbocycles. The number of amides is 1. The van der Waals surface area contributed by atoms with Gasteiger partial charge in [-0.1, -0.05) is 37.1 Å². The van der Waals surface area contributed by atoms with E-state index in [-0.39, 0.29) is 5.91 Å². The number of aryl methyl sites for hydroxylation is 1. The van der Waals surface area contributed by atoms with Crippen molar-refractivity contribution in [3.05, 3.63) is 52.4 Å². The lowest BCUT2D eigenvalue weighted by Crippen LogP contribution is -2.25. The van der Waals surface area contributed by atoms with Crippen LogP contribution in [0.4, 0.5) is 10.8 Å². The lowest BCUT2D eigenvalue weighted by Gasteiger charge is -2.21. The van der Waals surface area contributed by atoms with Crippen molar-refractivity contribution in [3.8, 4) is 22.8 Å². The van der Waals surface area contributed by atoms with E-state index in [2.05, 4.69) is 6.92 Å². The summed E-state index contributed by atoms with van der Waals surface area (Å²) in [4.78, 5) is 20.7. The fourth-order valence-corrected chi connectivity index (χ4v) is 4.21. The van der Waals surface area contributed by atoms with Gasteiger partial charge in [-0.2, -0.15) is 0 Å². The summed E-state index contributed by atoms with van der Waals surface area (Å²) >= 11 is 7.52. The number of anilines is 2. The van der Waals surface area contributed by atoms with Crippen molar-refractivity contribution < 1.29 is 14.3 Å². The van der Waals surface area contributed by atoms with Crippen LogP contribution in [0.2, 0.25) is 5.02 Å². The molecule has 3 rings (SSSR count). The number of hydrogen-bond acceptors (Lipinski definition) is 5. The summed E-state index contributed by atoms with van der Waals surface area (Å²) in [7, 11) is 3.17. The minimum atomic E-state index is 0.000441. The molecule has 3 aromatic rings. The standard InChI is InChI=1S/C23H25ClN2O3S/c1-5-6-7-21(27)26(18-12-13-19(28-3)20(14-18)29-4)23-25-22(15(2)30-23)16-8-10-17(24)11-9-16/h8-14H,5-7H2,1-4H3. The Morgan fingerprint density at radius 2 is 1.80 bits per heavy atom. The number of aromatic nitrogens is 1. The van der Waals surface area contributed by atoms with Crippen LogP contribution in [-0.2, 0) is 4.79 Å². The SMILES string of the molecule is CCCCC(=O)N(c1ccc(OC)c(OC)c1)c1nc(-c2ccc(Cl)cc2)c(C)s1. The molecule has 0 unspecified atom stereocenters. The molecule has 30 heavy (non-hydrogen) atoms. The molecule has 0 aliphatic rings. The minimum absolute atomic E-state index is 0.000441. The van der Waals surface area contributed by atoms with E-state index in [4.69, 9.17) is 26.1 Å². The molecule has 1 amide bonds. The van der Waals surface area contributed by atoms with Crippen molar-refractivity contribution in [2.45, 2.75) is 33.1 Å². The van der Waals surface area contributed by atoms with Crippen LogP contribution in [-0.4, -0.2) is 25.1 Å². The van der Waals surface area contributed by atoms with Gasteiger partial charge in [0.1, 0.15) is 0 Å².